The highest BCUT2D eigenvalue weighted by atomic mass is 79.9. The van der Waals surface area contributed by atoms with Crippen LogP contribution in [0.2, 0.25) is 0 Å². The first-order valence-electron chi connectivity index (χ1n) is 7.57. The van der Waals surface area contributed by atoms with E-state index in [1.54, 1.807) is 48.8 Å². The number of rotatable bonds is 4. The van der Waals surface area contributed by atoms with Gasteiger partial charge in [0.05, 0.1) is 11.4 Å². The van der Waals surface area contributed by atoms with E-state index in [-0.39, 0.29) is 11.5 Å². The van der Waals surface area contributed by atoms with Crippen molar-refractivity contribution in [2.24, 2.45) is 9.98 Å². The van der Waals surface area contributed by atoms with Crippen molar-refractivity contribution in [2.45, 2.75) is 0 Å². The van der Waals surface area contributed by atoms with Crippen molar-refractivity contribution in [3.63, 3.8) is 0 Å². The summed E-state index contributed by atoms with van der Waals surface area (Å²) in [4.78, 5) is 8.87. The summed E-state index contributed by atoms with van der Waals surface area (Å²) < 4.78 is 0.874. The van der Waals surface area contributed by atoms with E-state index in [4.69, 9.17) is 0 Å². The summed E-state index contributed by atoms with van der Waals surface area (Å²) in [5.41, 5.74) is 2.54. The van der Waals surface area contributed by atoms with E-state index in [2.05, 4.69) is 25.9 Å². The second-order valence-corrected chi connectivity index (χ2v) is 6.18. The van der Waals surface area contributed by atoms with Crippen LogP contribution in [0.15, 0.2) is 81.2 Å². The third-order valence-corrected chi connectivity index (χ3v) is 3.99. The van der Waals surface area contributed by atoms with Crippen LogP contribution in [0.4, 0.5) is 11.4 Å². The Morgan fingerprint density at radius 3 is 1.76 bits per heavy atom. The lowest BCUT2D eigenvalue weighted by Crippen LogP contribution is -1.83. The van der Waals surface area contributed by atoms with Gasteiger partial charge in [0, 0.05) is 28.0 Å². The zero-order chi connectivity index (χ0) is 17.6. The van der Waals surface area contributed by atoms with Crippen molar-refractivity contribution in [1.82, 2.24) is 0 Å². The van der Waals surface area contributed by atoms with Gasteiger partial charge in [-0.1, -0.05) is 40.2 Å². The fraction of sp³-hybridized carbons (Fsp3) is 0. The van der Waals surface area contributed by atoms with Gasteiger partial charge in [-0.25, -0.2) is 0 Å². The average molecular weight is 395 g/mol. The molecule has 0 fully saturated rings. The van der Waals surface area contributed by atoms with Gasteiger partial charge < -0.3 is 10.2 Å². The number of halogens is 1. The van der Waals surface area contributed by atoms with E-state index in [0.29, 0.717) is 22.5 Å². The topological polar surface area (TPSA) is 65.2 Å². The molecular weight excluding hydrogens is 380 g/mol. The van der Waals surface area contributed by atoms with Crippen LogP contribution in [0.3, 0.4) is 0 Å². The molecule has 3 aromatic rings. The Hall–Kier alpha value is -2.92. The van der Waals surface area contributed by atoms with E-state index in [1.807, 2.05) is 30.3 Å². The van der Waals surface area contributed by atoms with E-state index >= 15 is 0 Å². The van der Waals surface area contributed by atoms with Gasteiger partial charge in [-0.2, -0.15) is 0 Å². The van der Waals surface area contributed by atoms with Gasteiger partial charge in [0.15, 0.2) is 0 Å². The normalized spacial score (nSPS) is 11.4. The van der Waals surface area contributed by atoms with Crippen molar-refractivity contribution in [3.8, 4) is 11.5 Å². The summed E-state index contributed by atoms with van der Waals surface area (Å²) in [6.07, 6.45) is 3.19. The van der Waals surface area contributed by atoms with Gasteiger partial charge in [0.2, 0.25) is 0 Å². The maximum absolute atomic E-state index is 9.84. The van der Waals surface area contributed by atoms with Crippen LogP contribution in [-0.2, 0) is 0 Å². The molecule has 3 rings (SSSR count). The van der Waals surface area contributed by atoms with Crippen molar-refractivity contribution < 1.29 is 10.2 Å². The van der Waals surface area contributed by atoms with Crippen LogP contribution in [0, 0.1) is 0 Å². The maximum Gasteiger partial charge on any atom is 0.124 e. The number of nitrogens with zero attached hydrogens (tertiary/aromatic N) is 2. The van der Waals surface area contributed by atoms with Crippen LogP contribution in [0.5, 0.6) is 11.5 Å². The van der Waals surface area contributed by atoms with Crippen molar-refractivity contribution in [2.75, 3.05) is 0 Å². The molecule has 124 valence electrons. The summed E-state index contributed by atoms with van der Waals surface area (Å²) in [7, 11) is 0. The standard InChI is InChI=1S/C20H15BrN2O2/c21-16-9-10-17(22-12-14-5-1-3-7-19(14)24)18(11-16)23-13-15-6-2-4-8-20(15)25/h1-13,24-25H. The van der Waals surface area contributed by atoms with Crippen LogP contribution < -0.4 is 0 Å². The minimum absolute atomic E-state index is 0.167. The Kier molecular flexibility index (Phi) is 5.26. The second-order valence-electron chi connectivity index (χ2n) is 5.27. The molecule has 25 heavy (non-hydrogen) atoms. The molecule has 0 aromatic heterocycles. The lowest BCUT2D eigenvalue weighted by atomic mass is 10.2. The van der Waals surface area contributed by atoms with Gasteiger partial charge in [-0.05, 0) is 42.5 Å². The number of aromatic hydroxyl groups is 2. The summed E-state index contributed by atoms with van der Waals surface area (Å²) in [5, 5.41) is 19.7. The quantitative estimate of drug-likeness (QED) is 0.584. The average Bonchev–Trinajstić information content (AvgIpc) is 2.61. The number of aliphatic imine (C=N–C) groups is 2. The third kappa shape index (κ3) is 4.33. The number of hydrogen-bond acceptors (Lipinski definition) is 4. The SMILES string of the molecule is Oc1ccccc1C=Nc1ccc(Br)cc1N=Cc1ccccc1O. The van der Waals surface area contributed by atoms with Crippen molar-refractivity contribution >= 4 is 39.7 Å². The molecule has 0 spiro atoms. The molecule has 2 N–H and O–H groups in total. The molecule has 5 heteroatoms. The Labute approximate surface area is 154 Å². The predicted molar refractivity (Wildman–Crippen MR) is 105 cm³/mol. The highest BCUT2D eigenvalue weighted by Gasteiger charge is 2.02. The van der Waals surface area contributed by atoms with Crippen LogP contribution >= 0.6 is 15.9 Å². The van der Waals surface area contributed by atoms with Crippen LogP contribution in [0.1, 0.15) is 11.1 Å². The predicted octanol–water partition coefficient (Wildman–Crippen LogP) is 5.36. The summed E-state index contributed by atoms with van der Waals surface area (Å²) in [6.45, 7) is 0. The lowest BCUT2D eigenvalue weighted by Gasteiger charge is -2.03. The highest BCUT2D eigenvalue weighted by Crippen LogP contribution is 2.31. The van der Waals surface area contributed by atoms with E-state index in [9.17, 15) is 10.2 Å². The zero-order valence-electron chi connectivity index (χ0n) is 13.2. The Morgan fingerprint density at radius 2 is 1.20 bits per heavy atom. The number of benzene rings is 3. The number of phenolic OH excluding ortho intramolecular Hbond substituents is 2. The molecule has 0 aliphatic carbocycles. The number of phenols is 2. The van der Waals surface area contributed by atoms with Gasteiger partial charge >= 0.3 is 0 Å². The first-order chi connectivity index (χ1) is 12.1. The summed E-state index contributed by atoms with van der Waals surface area (Å²) in [6, 6.07) is 19.5. The molecule has 0 saturated carbocycles. The van der Waals surface area contributed by atoms with Crippen molar-refractivity contribution in [3.05, 3.63) is 82.3 Å². The first-order valence-corrected chi connectivity index (χ1v) is 8.36. The largest absolute Gasteiger partial charge is 0.507 e. The van der Waals surface area contributed by atoms with Gasteiger partial charge in [-0.3, -0.25) is 9.98 Å². The number of para-hydroxylation sites is 2. The molecule has 4 nitrogen and oxygen atoms in total. The molecule has 0 saturated heterocycles. The second kappa shape index (κ2) is 7.77. The van der Waals surface area contributed by atoms with Crippen LogP contribution in [-0.4, -0.2) is 22.6 Å². The third-order valence-electron chi connectivity index (χ3n) is 3.50. The fourth-order valence-corrected chi connectivity index (χ4v) is 2.53. The van der Waals surface area contributed by atoms with Crippen molar-refractivity contribution in [1.29, 1.82) is 0 Å². The highest BCUT2D eigenvalue weighted by molar-refractivity contribution is 9.10. The maximum atomic E-state index is 9.84. The van der Waals surface area contributed by atoms with Gasteiger partial charge in [0.1, 0.15) is 11.5 Å². The molecule has 0 amide bonds. The molecule has 0 bridgehead atoms. The molecule has 0 atom stereocenters. The zero-order valence-corrected chi connectivity index (χ0v) is 14.8. The Bertz CT molecular complexity index is 952. The molecule has 0 unspecified atom stereocenters. The Balaban J connectivity index is 1.93. The first kappa shape index (κ1) is 16.9. The molecule has 0 aliphatic heterocycles. The molecule has 0 heterocycles. The monoisotopic (exact) mass is 394 g/mol. The lowest BCUT2D eigenvalue weighted by molar-refractivity contribution is 0.474. The smallest absolute Gasteiger partial charge is 0.124 e. The summed E-state index contributed by atoms with van der Waals surface area (Å²) in [5.74, 6) is 0.336. The van der Waals surface area contributed by atoms with E-state index < -0.39 is 0 Å². The number of hydrogen-bond donors (Lipinski definition) is 2. The fourth-order valence-electron chi connectivity index (χ4n) is 2.18. The molecule has 3 aromatic carbocycles. The van der Waals surface area contributed by atoms with E-state index in [1.165, 1.54) is 0 Å². The summed E-state index contributed by atoms with van der Waals surface area (Å²) >= 11 is 3.43. The van der Waals surface area contributed by atoms with E-state index in [0.717, 1.165) is 4.47 Å². The molecule has 0 aliphatic rings. The van der Waals surface area contributed by atoms with Gasteiger partial charge in [0.25, 0.3) is 0 Å². The van der Waals surface area contributed by atoms with Gasteiger partial charge in [-0.15, -0.1) is 0 Å². The molecular formula is C20H15BrN2O2. The molecule has 0 radical (unpaired) electrons. The minimum Gasteiger partial charge on any atom is -0.507 e. The Morgan fingerprint density at radius 1 is 0.680 bits per heavy atom. The van der Waals surface area contributed by atoms with Crippen LogP contribution in [0.25, 0.3) is 0 Å². The minimum atomic E-state index is 0.167.